The minimum Gasteiger partial charge on any atom is -0.321 e. The smallest absolute Gasteiger partial charge is 0.321 e. The van der Waals surface area contributed by atoms with Crippen molar-refractivity contribution >= 4 is 29.1 Å². The molecule has 2 fully saturated rings. The highest BCUT2D eigenvalue weighted by molar-refractivity contribution is 6.23. The Bertz CT molecular complexity index is 1090. The van der Waals surface area contributed by atoms with Gasteiger partial charge in [-0.15, -0.1) is 0 Å². The van der Waals surface area contributed by atoms with E-state index in [2.05, 4.69) is 5.32 Å². The van der Waals surface area contributed by atoms with Gasteiger partial charge in [0.05, 0.1) is 28.8 Å². The van der Waals surface area contributed by atoms with Gasteiger partial charge in [0.15, 0.2) is 0 Å². The monoisotopic (exact) mass is 426 g/mol. The molecule has 0 unspecified atom stereocenters. The number of carbonyl (C=O) groups excluding carboxylic acids is 3. The molecule has 5 nitrogen and oxygen atoms in total. The standard InChI is InChI=1S/C23H17F3N2O3/c24-23(25,26)16-3-1-2-4-17(16)27-20(29)12-7-9-15(10-8-12)28-21(30)18-13-5-6-14(11-13)19(18)22(28)31/h1-10,13-14,18-19H,11H2,(H,27,29)/t13-,14-,18-,19-/m0/s1. The number of fused-ring (bicyclic) bond motifs is 5. The second kappa shape index (κ2) is 6.80. The number of hydrogen-bond donors (Lipinski definition) is 1. The first kappa shape index (κ1) is 19.5. The second-order valence-electron chi connectivity index (χ2n) is 8.06. The summed E-state index contributed by atoms with van der Waals surface area (Å²) in [6.45, 7) is 0. The Balaban J connectivity index is 1.35. The minimum atomic E-state index is -4.60. The Labute approximate surface area is 175 Å². The molecule has 1 aliphatic heterocycles. The van der Waals surface area contributed by atoms with E-state index in [-0.39, 0.29) is 46.7 Å². The normalized spacial score (nSPS) is 26.5. The zero-order valence-corrected chi connectivity index (χ0v) is 16.1. The fourth-order valence-corrected chi connectivity index (χ4v) is 4.95. The molecule has 31 heavy (non-hydrogen) atoms. The van der Waals surface area contributed by atoms with Crippen LogP contribution in [0.1, 0.15) is 22.3 Å². The van der Waals surface area contributed by atoms with Gasteiger partial charge in [-0.1, -0.05) is 24.3 Å². The molecule has 1 heterocycles. The van der Waals surface area contributed by atoms with Crippen molar-refractivity contribution in [3.05, 3.63) is 71.8 Å². The number of amides is 3. The molecule has 3 amide bonds. The zero-order valence-electron chi connectivity index (χ0n) is 16.1. The van der Waals surface area contributed by atoms with Crippen molar-refractivity contribution in [2.24, 2.45) is 23.7 Å². The predicted molar refractivity (Wildman–Crippen MR) is 106 cm³/mol. The number of imide groups is 1. The summed E-state index contributed by atoms with van der Waals surface area (Å²) >= 11 is 0. The Kier molecular flexibility index (Phi) is 4.28. The van der Waals surface area contributed by atoms with Gasteiger partial charge in [0, 0.05) is 5.56 Å². The van der Waals surface area contributed by atoms with Crippen molar-refractivity contribution < 1.29 is 27.6 Å². The van der Waals surface area contributed by atoms with Crippen molar-refractivity contribution in [2.45, 2.75) is 12.6 Å². The van der Waals surface area contributed by atoms with Crippen LogP contribution >= 0.6 is 0 Å². The number of para-hydroxylation sites is 1. The Morgan fingerprint density at radius 3 is 2.06 bits per heavy atom. The predicted octanol–water partition coefficient (Wildman–Crippen LogP) is 4.27. The molecular weight excluding hydrogens is 409 g/mol. The molecule has 2 aliphatic carbocycles. The lowest BCUT2D eigenvalue weighted by molar-refractivity contribution is -0.137. The maximum atomic E-state index is 13.1. The van der Waals surface area contributed by atoms with Gasteiger partial charge in [-0.25, -0.2) is 0 Å². The van der Waals surface area contributed by atoms with E-state index in [1.54, 1.807) is 0 Å². The highest BCUT2D eigenvalue weighted by Gasteiger charge is 2.59. The second-order valence-corrected chi connectivity index (χ2v) is 8.06. The largest absolute Gasteiger partial charge is 0.418 e. The fourth-order valence-electron chi connectivity index (χ4n) is 4.95. The molecule has 4 atom stereocenters. The van der Waals surface area contributed by atoms with E-state index in [1.807, 2.05) is 12.2 Å². The Hall–Kier alpha value is -3.42. The van der Waals surface area contributed by atoms with Crippen LogP contribution in [-0.2, 0) is 15.8 Å². The van der Waals surface area contributed by atoms with Gasteiger partial charge in [0.1, 0.15) is 0 Å². The molecule has 158 valence electrons. The highest BCUT2D eigenvalue weighted by atomic mass is 19.4. The van der Waals surface area contributed by atoms with E-state index in [9.17, 15) is 27.6 Å². The summed E-state index contributed by atoms with van der Waals surface area (Å²) < 4.78 is 39.4. The van der Waals surface area contributed by atoms with Crippen LogP contribution in [0, 0.1) is 23.7 Å². The van der Waals surface area contributed by atoms with E-state index >= 15 is 0 Å². The van der Waals surface area contributed by atoms with Crippen LogP contribution in [0.25, 0.3) is 0 Å². The lowest BCUT2D eigenvalue weighted by atomic mass is 9.85. The average molecular weight is 426 g/mol. The third kappa shape index (κ3) is 3.05. The van der Waals surface area contributed by atoms with Crippen LogP contribution < -0.4 is 10.2 Å². The SMILES string of the molecule is O=C(Nc1ccccc1C(F)(F)F)c1ccc(N2C(=O)[C@@H]3[C@@H](C2=O)[C@H]2C=C[C@H]3C2)cc1. The Morgan fingerprint density at radius 1 is 0.903 bits per heavy atom. The van der Waals surface area contributed by atoms with Crippen molar-refractivity contribution in [2.75, 3.05) is 10.2 Å². The summed E-state index contributed by atoms with van der Waals surface area (Å²) in [5.41, 5.74) is -0.814. The van der Waals surface area contributed by atoms with Crippen molar-refractivity contribution in [3.63, 3.8) is 0 Å². The zero-order chi connectivity index (χ0) is 21.9. The molecule has 2 bridgehead atoms. The summed E-state index contributed by atoms with van der Waals surface area (Å²) in [6.07, 6.45) is 0.245. The van der Waals surface area contributed by atoms with E-state index in [0.717, 1.165) is 12.5 Å². The van der Waals surface area contributed by atoms with Gasteiger partial charge in [-0.2, -0.15) is 13.2 Å². The van der Waals surface area contributed by atoms with Crippen molar-refractivity contribution in [3.8, 4) is 0 Å². The van der Waals surface area contributed by atoms with Crippen LogP contribution in [0.2, 0.25) is 0 Å². The van der Waals surface area contributed by atoms with Crippen LogP contribution in [0.4, 0.5) is 24.5 Å². The first-order valence-corrected chi connectivity index (χ1v) is 9.89. The maximum Gasteiger partial charge on any atom is 0.418 e. The van der Waals surface area contributed by atoms with E-state index in [4.69, 9.17) is 0 Å². The minimum absolute atomic E-state index is 0.0928. The van der Waals surface area contributed by atoms with Crippen LogP contribution in [-0.4, -0.2) is 17.7 Å². The number of carbonyl (C=O) groups is 3. The molecule has 8 heteroatoms. The number of benzene rings is 2. The van der Waals surface area contributed by atoms with Gasteiger partial charge in [-0.3, -0.25) is 19.3 Å². The van der Waals surface area contributed by atoms with E-state index in [1.165, 1.54) is 47.4 Å². The van der Waals surface area contributed by atoms with Crippen LogP contribution in [0.15, 0.2) is 60.7 Å². The van der Waals surface area contributed by atoms with Gasteiger partial charge >= 0.3 is 6.18 Å². The first-order chi connectivity index (χ1) is 14.8. The molecule has 1 saturated heterocycles. The molecule has 0 aromatic heterocycles. The third-order valence-electron chi connectivity index (χ3n) is 6.34. The molecule has 2 aromatic carbocycles. The maximum absolute atomic E-state index is 13.1. The quantitative estimate of drug-likeness (QED) is 0.589. The van der Waals surface area contributed by atoms with E-state index < -0.39 is 17.6 Å². The number of rotatable bonds is 3. The summed E-state index contributed by atoms with van der Waals surface area (Å²) in [5, 5.41) is 2.28. The van der Waals surface area contributed by atoms with Crippen molar-refractivity contribution in [1.29, 1.82) is 0 Å². The average Bonchev–Trinajstić information content (AvgIpc) is 3.41. The number of alkyl halides is 3. The van der Waals surface area contributed by atoms with Crippen molar-refractivity contribution in [1.82, 2.24) is 0 Å². The highest BCUT2D eigenvalue weighted by Crippen LogP contribution is 2.53. The summed E-state index contributed by atoms with van der Waals surface area (Å²) in [5.74, 6) is -1.66. The molecule has 1 N–H and O–H groups in total. The number of allylic oxidation sites excluding steroid dienone is 2. The van der Waals surface area contributed by atoms with Gasteiger partial charge < -0.3 is 5.32 Å². The molecule has 0 radical (unpaired) electrons. The van der Waals surface area contributed by atoms with Gasteiger partial charge in [-0.05, 0) is 54.7 Å². The number of nitrogens with zero attached hydrogens (tertiary/aromatic N) is 1. The number of hydrogen-bond acceptors (Lipinski definition) is 3. The lowest BCUT2D eigenvalue weighted by Crippen LogP contribution is -2.32. The molecule has 1 saturated carbocycles. The summed E-state index contributed by atoms with van der Waals surface area (Å²) in [6, 6.07) is 10.4. The molecule has 2 aromatic rings. The van der Waals surface area contributed by atoms with E-state index in [0.29, 0.717) is 5.69 Å². The number of anilines is 2. The van der Waals surface area contributed by atoms with Crippen LogP contribution in [0.5, 0.6) is 0 Å². The molecular formula is C23H17F3N2O3. The Morgan fingerprint density at radius 2 is 1.48 bits per heavy atom. The molecule has 0 spiro atoms. The molecule has 5 rings (SSSR count). The topological polar surface area (TPSA) is 66.5 Å². The van der Waals surface area contributed by atoms with Gasteiger partial charge in [0.2, 0.25) is 11.8 Å². The summed E-state index contributed by atoms with van der Waals surface area (Å²) in [7, 11) is 0. The fraction of sp³-hybridized carbons (Fsp3) is 0.261. The number of nitrogens with one attached hydrogen (secondary N) is 1. The van der Waals surface area contributed by atoms with Gasteiger partial charge in [0.25, 0.3) is 5.91 Å². The lowest BCUT2D eigenvalue weighted by Gasteiger charge is -2.18. The van der Waals surface area contributed by atoms with Crippen LogP contribution in [0.3, 0.4) is 0 Å². The molecule has 3 aliphatic rings. The number of halogens is 3. The summed E-state index contributed by atoms with van der Waals surface area (Å²) in [4.78, 5) is 39.4. The first-order valence-electron chi connectivity index (χ1n) is 9.89. The third-order valence-corrected chi connectivity index (χ3v) is 6.34.